The zero-order valence-corrected chi connectivity index (χ0v) is 26.1. The molecule has 0 aromatic rings. The van der Waals surface area contributed by atoms with Crippen LogP contribution in [0.4, 0.5) is 8.78 Å². The van der Waals surface area contributed by atoms with Gasteiger partial charge in [0.2, 0.25) is 11.8 Å². The highest BCUT2D eigenvalue weighted by atomic mass is 19.1. The molecule has 242 valence electrons. The van der Waals surface area contributed by atoms with E-state index in [1.807, 2.05) is 38.8 Å². The minimum atomic E-state index is -1.25. The Balaban J connectivity index is 1.45. The summed E-state index contributed by atoms with van der Waals surface area (Å²) >= 11 is 0. The summed E-state index contributed by atoms with van der Waals surface area (Å²) < 4.78 is 30.1. The van der Waals surface area contributed by atoms with E-state index < -0.39 is 48.0 Å². The van der Waals surface area contributed by atoms with Crippen LogP contribution in [0, 0.1) is 28.6 Å². The topological polar surface area (TPSA) is 142 Å². The lowest BCUT2D eigenvalue weighted by Crippen LogP contribution is -2.68. The van der Waals surface area contributed by atoms with Crippen molar-refractivity contribution in [3.63, 3.8) is 0 Å². The maximum absolute atomic E-state index is 15.6. The van der Waals surface area contributed by atoms with Crippen LogP contribution in [0.25, 0.3) is 0 Å². The molecule has 4 aliphatic rings. The summed E-state index contributed by atoms with van der Waals surface area (Å²) in [6.07, 6.45) is -0.397. The Labute approximate surface area is 254 Å². The summed E-state index contributed by atoms with van der Waals surface area (Å²) in [6.45, 7) is 9.93. The highest BCUT2D eigenvalue weighted by Gasteiger charge is 2.48. The van der Waals surface area contributed by atoms with Crippen molar-refractivity contribution in [3.8, 4) is 6.07 Å². The number of nitrogens with two attached hydrogens (primary N) is 1. The van der Waals surface area contributed by atoms with E-state index in [9.17, 15) is 19.2 Å². The fourth-order valence-electron chi connectivity index (χ4n) is 6.88. The third-order valence-corrected chi connectivity index (χ3v) is 9.74. The smallest absolute Gasteiger partial charge is 0.243 e. The van der Waals surface area contributed by atoms with E-state index in [-0.39, 0.29) is 37.2 Å². The van der Waals surface area contributed by atoms with E-state index in [1.165, 1.54) is 0 Å². The van der Waals surface area contributed by atoms with E-state index in [1.54, 1.807) is 4.90 Å². The SMILES string of the molecule is CC(C)/C1=C/CC(F)CNC(C)C(C(=O)NC2CNCC(F)C2N2CCC(C#N)(C(=O)N3CCN(C)CC3)CC2)C(N)N1. The fraction of sp³-hybridized carbons (Fsp3) is 0.833. The number of alkyl halides is 2. The number of likely N-dealkylation sites (tertiary alicyclic amines) is 1. The summed E-state index contributed by atoms with van der Waals surface area (Å²) in [5, 5.41) is 22.7. The molecular formula is C30H51F2N9O2. The first-order valence-corrected chi connectivity index (χ1v) is 15.8. The summed E-state index contributed by atoms with van der Waals surface area (Å²) in [6, 6.07) is 0.721. The number of amides is 2. The molecule has 3 fully saturated rings. The van der Waals surface area contributed by atoms with Crippen LogP contribution in [0.5, 0.6) is 0 Å². The Kier molecular flexibility index (Phi) is 11.4. The van der Waals surface area contributed by atoms with E-state index in [0.717, 1.165) is 18.8 Å². The van der Waals surface area contributed by atoms with Crippen molar-refractivity contribution in [3.05, 3.63) is 11.8 Å². The molecule has 0 bridgehead atoms. The molecule has 2 amide bonds. The van der Waals surface area contributed by atoms with E-state index in [4.69, 9.17) is 5.73 Å². The number of nitriles is 1. The van der Waals surface area contributed by atoms with Crippen LogP contribution in [0.1, 0.15) is 40.0 Å². The summed E-state index contributed by atoms with van der Waals surface area (Å²) in [5.74, 6) is -1.13. The first-order valence-electron chi connectivity index (χ1n) is 15.8. The van der Waals surface area contributed by atoms with Gasteiger partial charge in [-0.05, 0) is 39.2 Å². The molecule has 13 heteroatoms. The molecule has 4 aliphatic heterocycles. The summed E-state index contributed by atoms with van der Waals surface area (Å²) in [4.78, 5) is 33.2. The number of halogens is 2. The molecule has 0 aromatic carbocycles. The van der Waals surface area contributed by atoms with Crippen molar-refractivity contribution in [1.29, 1.82) is 5.26 Å². The lowest BCUT2D eigenvalue weighted by atomic mass is 9.77. The standard InChI is InChI=1S/C30H51F2N9O2/c1-19(2)23-6-5-21(31)15-36-20(3)25(27(34)37-23)28(42)38-24-17-35-16-22(32)26(24)40-9-7-30(18-33,8-10-40)29(43)41-13-11-39(4)12-14-41/h6,19-22,24-27,35-37H,5,7-17,34H2,1-4H3,(H,38,42)/b23-6-. The normalized spacial score (nSPS) is 36.1. The van der Waals surface area contributed by atoms with Crippen molar-refractivity contribution in [2.75, 3.05) is 66.0 Å². The number of carbonyl (C=O) groups is 2. The maximum Gasteiger partial charge on any atom is 0.243 e. The van der Waals surface area contributed by atoms with Crippen LogP contribution in [0.3, 0.4) is 0 Å². The summed E-state index contributed by atoms with van der Waals surface area (Å²) in [5.41, 5.74) is 6.24. The lowest BCUT2D eigenvalue weighted by molar-refractivity contribution is -0.143. The molecule has 11 nitrogen and oxygen atoms in total. The highest BCUT2D eigenvalue weighted by Crippen LogP contribution is 2.35. The molecule has 6 N–H and O–H groups in total. The predicted molar refractivity (Wildman–Crippen MR) is 161 cm³/mol. The van der Waals surface area contributed by atoms with Crippen LogP contribution in [0.15, 0.2) is 11.8 Å². The predicted octanol–water partition coefficient (Wildman–Crippen LogP) is -0.0887. The van der Waals surface area contributed by atoms with Gasteiger partial charge in [-0.15, -0.1) is 0 Å². The molecule has 43 heavy (non-hydrogen) atoms. The van der Waals surface area contributed by atoms with Gasteiger partial charge < -0.3 is 36.8 Å². The molecule has 7 unspecified atom stereocenters. The van der Waals surface area contributed by atoms with E-state index >= 15 is 4.39 Å². The number of hydrogen-bond donors (Lipinski definition) is 5. The molecule has 4 rings (SSSR count). The van der Waals surface area contributed by atoms with E-state index in [0.29, 0.717) is 45.6 Å². The van der Waals surface area contributed by atoms with Crippen molar-refractivity contribution >= 4 is 11.8 Å². The second-order valence-electron chi connectivity index (χ2n) is 13.1. The third kappa shape index (κ3) is 7.84. The number of piperidine rings is 2. The zero-order valence-electron chi connectivity index (χ0n) is 26.1. The molecule has 4 heterocycles. The Hall–Kier alpha value is -2.37. The molecule has 0 saturated carbocycles. The van der Waals surface area contributed by atoms with Gasteiger partial charge in [-0.25, -0.2) is 8.78 Å². The quantitative estimate of drug-likeness (QED) is 0.290. The van der Waals surface area contributed by atoms with Gasteiger partial charge in [0.25, 0.3) is 0 Å². The molecule has 0 aliphatic carbocycles. The molecular weight excluding hydrogens is 556 g/mol. The minimum absolute atomic E-state index is 0.0756. The number of likely N-dealkylation sites (N-methyl/N-ethyl adjacent to an activating group) is 1. The van der Waals surface area contributed by atoms with E-state index in [2.05, 4.69) is 32.2 Å². The van der Waals surface area contributed by atoms with Crippen molar-refractivity contribution in [2.45, 2.75) is 76.7 Å². The second kappa shape index (κ2) is 14.6. The maximum atomic E-state index is 15.6. The second-order valence-corrected chi connectivity index (χ2v) is 13.1. The first-order chi connectivity index (χ1) is 20.5. The average Bonchev–Trinajstić information content (AvgIpc) is 2.98. The molecule has 7 atom stereocenters. The lowest BCUT2D eigenvalue weighted by Gasteiger charge is -2.47. The fourth-order valence-corrected chi connectivity index (χ4v) is 6.88. The van der Waals surface area contributed by atoms with Crippen LogP contribution in [-0.4, -0.2) is 129 Å². The van der Waals surface area contributed by atoms with Crippen LogP contribution in [-0.2, 0) is 9.59 Å². The zero-order chi connectivity index (χ0) is 31.3. The van der Waals surface area contributed by atoms with Crippen molar-refractivity contribution < 1.29 is 18.4 Å². The third-order valence-electron chi connectivity index (χ3n) is 9.74. The number of piperazine rings is 1. The number of nitrogens with one attached hydrogen (secondary N) is 4. The summed E-state index contributed by atoms with van der Waals surface area (Å²) in [7, 11) is 2.02. The highest BCUT2D eigenvalue weighted by molar-refractivity contribution is 5.86. The monoisotopic (exact) mass is 607 g/mol. The molecule has 0 spiro atoms. The van der Waals surface area contributed by atoms with Gasteiger partial charge in [-0.2, -0.15) is 5.26 Å². The van der Waals surface area contributed by atoms with Gasteiger partial charge in [0, 0.05) is 70.6 Å². The molecule has 0 radical (unpaired) electrons. The van der Waals surface area contributed by atoms with Gasteiger partial charge in [0.15, 0.2) is 0 Å². The molecule has 3 saturated heterocycles. The number of allylic oxidation sites excluding steroid dienone is 2. The van der Waals surface area contributed by atoms with Crippen LogP contribution in [0.2, 0.25) is 0 Å². The number of nitrogens with zero attached hydrogens (tertiary/aromatic N) is 4. The average molecular weight is 608 g/mol. The van der Waals surface area contributed by atoms with Crippen molar-refractivity contribution in [2.24, 2.45) is 23.0 Å². The minimum Gasteiger partial charge on any atom is -0.373 e. The Morgan fingerprint density at radius 1 is 1.12 bits per heavy atom. The van der Waals surface area contributed by atoms with Gasteiger partial charge in [-0.1, -0.05) is 19.9 Å². The largest absolute Gasteiger partial charge is 0.373 e. The number of rotatable bonds is 5. The van der Waals surface area contributed by atoms with Gasteiger partial charge >= 0.3 is 0 Å². The van der Waals surface area contributed by atoms with Gasteiger partial charge in [-0.3, -0.25) is 14.5 Å². The Bertz CT molecular complexity index is 1040. The van der Waals surface area contributed by atoms with Crippen molar-refractivity contribution in [1.82, 2.24) is 36.0 Å². The number of hydrogen-bond acceptors (Lipinski definition) is 9. The number of carbonyl (C=O) groups excluding carboxylic acids is 2. The Morgan fingerprint density at radius 2 is 1.79 bits per heavy atom. The Morgan fingerprint density at radius 3 is 2.42 bits per heavy atom. The van der Waals surface area contributed by atoms with Gasteiger partial charge in [0.1, 0.15) is 17.8 Å². The first kappa shape index (κ1) is 33.5. The van der Waals surface area contributed by atoms with Crippen LogP contribution >= 0.6 is 0 Å². The van der Waals surface area contributed by atoms with Crippen LogP contribution < -0.4 is 27.0 Å². The molecule has 0 aromatic heterocycles. The van der Waals surface area contributed by atoms with Gasteiger partial charge in [0.05, 0.1) is 30.2 Å².